The van der Waals surface area contributed by atoms with Gasteiger partial charge in [-0.15, -0.1) is 0 Å². The van der Waals surface area contributed by atoms with Gasteiger partial charge >= 0.3 is 11.9 Å². The van der Waals surface area contributed by atoms with E-state index in [4.69, 9.17) is 15.6 Å². The van der Waals surface area contributed by atoms with Gasteiger partial charge in [-0.1, -0.05) is 6.42 Å². The molecule has 0 radical (unpaired) electrons. The second-order valence-corrected chi connectivity index (χ2v) is 4.01. The standard InChI is InChI=1S/C11H15NO5.H2O/c12-10(16)11(6-2-1-3-7-11)17-9(15)5-4-8(13)14;/h4-5H,1-3,6-7H2,(H2,12,16)(H,13,14);1H2/b5-4-;. The lowest BCUT2D eigenvalue weighted by Gasteiger charge is -2.33. The zero-order chi connectivity index (χ0) is 12.9. The van der Waals surface area contributed by atoms with Gasteiger partial charge in [-0.2, -0.15) is 0 Å². The number of esters is 1. The minimum atomic E-state index is -1.27. The Hall–Kier alpha value is -1.89. The normalized spacial score (nSPS) is 17.8. The van der Waals surface area contributed by atoms with E-state index in [-0.39, 0.29) is 5.48 Å². The summed E-state index contributed by atoms with van der Waals surface area (Å²) in [6, 6.07) is 0. The van der Waals surface area contributed by atoms with Crippen LogP contribution in [0.2, 0.25) is 0 Å². The van der Waals surface area contributed by atoms with Gasteiger partial charge in [0.1, 0.15) is 0 Å². The van der Waals surface area contributed by atoms with Gasteiger partial charge in [0.2, 0.25) is 0 Å². The number of ether oxygens (including phenoxy) is 1. The van der Waals surface area contributed by atoms with Crippen molar-refractivity contribution in [2.75, 3.05) is 0 Å². The first kappa shape index (κ1) is 16.1. The van der Waals surface area contributed by atoms with Crippen molar-refractivity contribution in [2.24, 2.45) is 5.73 Å². The lowest BCUT2D eigenvalue weighted by Crippen LogP contribution is -2.48. The zero-order valence-electron chi connectivity index (χ0n) is 9.85. The highest BCUT2D eigenvalue weighted by Gasteiger charge is 2.41. The monoisotopic (exact) mass is 259 g/mol. The smallest absolute Gasteiger partial charge is 0.332 e. The first-order valence-electron chi connectivity index (χ1n) is 5.40. The third-order valence-electron chi connectivity index (χ3n) is 2.77. The number of carbonyl (C=O) groups excluding carboxylic acids is 2. The summed E-state index contributed by atoms with van der Waals surface area (Å²) < 4.78 is 5.03. The Balaban J connectivity index is 0.00000289. The number of carboxylic acid groups (broad SMARTS) is 1. The molecule has 0 bridgehead atoms. The Morgan fingerprint density at radius 1 is 1.11 bits per heavy atom. The summed E-state index contributed by atoms with van der Waals surface area (Å²) in [6.07, 6.45) is 4.74. The molecule has 7 heteroatoms. The van der Waals surface area contributed by atoms with Crippen molar-refractivity contribution in [3.8, 4) is 0 Å². The Kier molecular flexibility index (Phi) is 6.04. The molecule has 0 atom stereocenters. The number of carboxylic acids is 1. The molecule has 0 heterocycles. The van der Waals surface area contributed by atoms with Crippen LogP contribution < -0.4 is 5.73 Å². The van der Waals surface area contributed by atoms with Crippen molar-refractivity contribution >= 4 is 17.8 Å². The summed E-state index contributed by atoms with van der Waals surface area (Å²) in [5.74, 6) is -2.78. The van der Waals surface area contributed by atoms with E-state index in [1.165, 1.54) is 0 Å². The molecule has 1 rings (SSSR count). The van der Waals surface area contributed by atoms with Gasteiger partial charge in [0.05, 0.1) is 0 Å². The van der Waals surface area contributed by atoms with E-state index in [9.17, 15) is 14.4 Å². The van der Waals surface area contributed by atoms with Crippen LogP contribution >= 0.6 is 0 Å². The van der Waals surface area contributed by atoms with Crippen LogP contribution in [-0.2, 0) is 19.1 Å². The molecule has 0 unspecified atom stereocenters. The molecule has 7 nitrogen and oxygen atoms in total. The van der Waals surface area contributed by atoms with Crippen molar-refractivity contribution in [1.82, 2.24) is 0 Å². The summed E-state index contributed by atoms with van der Waals surface area (Å²) in [7, 11) is 0. The van der Waals surface area contributed by atoms with Crippen molar-refractivity contribution < 1.29 is 29.7 Å². The number of carbonyl (C=O) groups is 3. The molecule has 1 fully saturated rings. The average Bonchev–Trinajstić information content (AvgIpc) is 2.27. The number of hydrogen-bond donors (Lipinski definition) is 2. The van der Waals surface area contributed by atoms with E-state index in [1.54, 1.807) is 0 Å². The first-order chi connectivity index (χ1) is 7.96. The van der Waals surface area contributed by atoms with Gasteiger partial charge in [0.15, 0.2) is 5.60 Å². The van der Waals surface area contributed by atoms with Crippen LogP contribution in [0.5, 0.6) is 0 Å². The number of nitrogens with two attached hydrogens (primary N) is 1. The summed E-state index contributed by atoms with van der Waals surface area (Å²) in [6.45, 7) is 0. The molecule has 102 valence electrons. The van der Waals surface area contributed by atoms with Gasteiger partial charge in [-0.25, -0.2) is 9.59 Å². The van der Waals surface area contributed by atoms with Gasteiger partial charge in [0, 0.05) is 12.2 Å². The van der Waals surface area contributed by atoms with Crippen LogP contribution in [-0.4, -0.2) is 34.0 Å². The fourth-order valence-corrected chi connectivity index (χ4v) is 1.89. The Bertz CT molecular complexity index is 357. The lowest BCUT2D eigenvalue weighted by molar-refractivity contribution is -0.166. The lowest BCUT2D eigenvalue weighted by atomic mass is 9.84. The number of aliphatic carboxylic acids is 1. The predicted octanol–water partition coefficient (Wildman–Crippen LogP) is -0.466. The second kappa shape index (κ2) is 6.75. The molecule has 0 saturated heterocycles. The fraction of sp³-hybridized carbons (Fsp3) is 0.545. The maximum absolute atomic E-state index is 11.4. The molecule has 0 aromatic heterocycles. The molecule has 5 N–H and O–H groups in total. The zero-order valence-corrected chi connectivity index (χ0v) is 9.85. The van der Waals surface area contributed by atoms with E-state index in [0.717, 1.165) is 25.3 Å². The Morgan fingerprint density at radius 2 is 1.67 bits per heavy atom. The van der Waals surface area contributed by atoms with Crippen LogP contribution in [0.4, 0.5) is 0 Å². The molecule has 1 amide bonds. The van der Waals surface area contributed by atoms with Crippen molar-refractivity contribution in [3.63, 3.8) is 0 Å². The maximum Gasteiger partial charge on any atom is 0.332 e. The third-order valence-corrected chi connectivity index (χ3v) is 2.77. The van der Waals surface area contributed by atoms with Crippen LogP contribution in [0.25, 0.3) is 0 Å². The molecular weight excluding hydrogens is 242 g/mol. The van der Waals surface area contributed by atoms with E-state index >= 15 is 0 Å². The van der Waals surface area contributed by atoms with E-state index in [0.29, 0.717) is 18.9 Å². The molecule has 0 aliphatic heterocycles. The summed E-state index contributed by atoms with van der Waals surface area (Å²) in [5.41, 5.74) is 3.98. The molecule has 1 saturated carbocycles. The second-order valence-electron chi connectivity index (χ2n) is 4.01. The minimum Gasteiger partial charge on any atom is -0.478 e. The Morgan fingerprint density at radius 3 is 2.11 bits per heavy atom. The maximum atomic E-state index is 11.4. The third kappa shape index (κ3) is 4.17. The van der Waals surface area contributed by atoms with Crippen molar-refractivity contribution in [2.45, 2.75) is 37.7 Å². The highest BCUT2D eigenvalue weighted by Crippen LogP contribution is 2.31. The molecule has 0 spiro atoms. The molecular formula is C11H17NO6. The van der Waals surface area contributed by atoms with E-state index in [2.05, 4.69) is 0 Å². The van der Waals surface area contributed by atoms with Crippen molar-refractivity contribution in [1.29, 1.82) is 0 Å². The van der Waals surface area contributed by atoms with Crippen molar-refractivity contribution in [3.05, 3.63) is 12.2 Å². The van der Waals surface area contributed by atoms with Crippen LogP contribution in [0, 0.1) is 0 Å². The number of hydrogen-bond acceptors (Lipinski definition) is 4. The van der Waals surface area contributed by atoms with Crippen LogP contribution in [0.3, 0.4) is 0 Å². The molecule has 1 aliphatic carbocycles. The highest BCUT2D eigenvalue weighted by molar-refractivity contribution is 5.93. The molecule has 18 heavy (non-hydrogen) atoms. The summed E-state index contributed by atoms with van der Waals surface area (Å²) >= 11 is 0. The highest BCUT2D eigenvalue weighted by atomic mass is 16.6. The number of amides is 1. The predicted molar refractivity (Wildman–Crippen MR) is 61.5 cm³/mol. The van der Waals surface area contributed by atoms with Gasteiger partial charge in [0.25, 0.3) is 5.91 Å². The SMILES string of the molecule is NC(=O)C1(OC(=O)/C=C\C(=O)O)CCCCC1.O. The van der Waals surface area contributed by atoms with Gasteiger partial charge in [-0.3, -0.25) is 4.79 Å². The Labute approximate surface area is 104 Å². The number of primary amides is 1. The first-order valence-corrected chi connectivity index (χ1v) is 5.40. The fourth-order valence-electron chi connectivity index (χ4n) is 1.89. The van der Waals surface area contributed by atoms with E-state index < -0.39 is 23.4 Å². The summed E-state index contributed by atoms with van der Waals surface area (Å²) in [4.78, 5) is 32.9. The molecule has 0 aromatic rings. The van der Waals surface area contributed by atoms with Gasteiger partial charge in [-0.05, 0) is 25.7 Å². The quantitative estimate of drug-likeness (QED) is 0.519. The van der Waals surface area contributed by atoms with E-state index in [1.807, 2.05) is 0 Å². The minimum absolute atomic E-state index is 0. The average molecular weight is 259 g/mol. The van der Waals surface area contributed by atoms with Crippen LogP contribution in [0.15, 0.2) is 12.2 Å². The number of rotatable bonds is 4. The van der Waals surface area contributed by atoms with Crippen LogP contribution in [0.1, 0.15) is 32.1 Å². The van der Waals surface area contributed by atoms with Gasteiger partial charge < -0.3 is 21.1 Å². The topological polar surface area (TPSA) is 138 Å². The summed E-state index contributed by atoms with van der Waals surface area (Å²) in [5, 5.41) is 8.36. The largest absolute Gasteiger partial charge is 0.478 e. The molecule has 0 aromatic carbocycles. The molecule has 1 aliphatic rings.